The number of likely N-dealkylation sites (N-methyl/N-ethyl adjacent to an activating group) is 1. The highest BCUT2D eigenvalue weighted by molar-refractivity contribution is 6.05. The second kappa shape index (κ2) is 4.60. The highest BCUT2D eigenvalue weighted by Crippen LogP contribution is 2.26. The van der Waals surface area contributed by atoms with Crippen molar-refractivity contribution in [2.24, 2.45) is 0 Å². The quantitative estimate of drug-likeness (QED) is 0.656. The Kier molecular flexibility index (Phi) is 3.44. The number of aliphatic hydroxyl groups excluding tert-OH is 1. The summed E-state index contributed by atoms with van der Waals surface area (Å²) in [7, 11) is 1.51. The van der Waals surface area contributed by atoms with E-state index < -0.39 is 11.6 Å². The summed E-state index contributed by atoms with van der Waals surface area (Å²) >= 11 is 0. The summed E-state index contributed by atoms with van der Waals surface area (Å²) in [6.07, 6.45) is -0.0774. The van der Waals surface area contributed by atoms with Crippen molar-refractivity contribution >= 4 is 11.8 Å². The molecule has 0 saturated carbocycles. The molecule has 0 radical (unpaired) electrons. The van der Waals surface area contributed by atoms with Crippen molar-refractivity contribution in [2.75, 3.05) is 26.7 Å². The van der Waals surface area contributed by atoms with E-state index in [1.807, 2.05) is 18.7 Å². The van der Waals surface area contributed by atoms with Crippen LogP contribution in [0, 0.1) is 0 Å². The topological polar surface area (TPSA) is 70.1 Å². The average Bonchev–Trinajstić information content (AvgIpc) is 2.55. The zero-order valence-corrected chi connectivity index (χ0v) is 11.0. The predicted octanol–water partition coefficient (Wildman–Crippen LogP) is -0.785. The summed E-state index contributed by atoms with van der Waals surface area (Å²) in [5.74, 6) is -0.302. The molecule has 2 saturated heterocycles. The summed E-state index contributed by atoms with van der Waals surface area (Å²) in [5.41, 5.74) is -0.421. The number of imide groups is 1. The van der Waals surface area contributed by atoms with Crippen LogP contribution in [0.2, 0.25) is 0 Å². The number of amides is 2. The van der Waals surface area contributed by atoms with E-state index >= 15 is 0 Å². The van der Waals surface area contributed by atoms with Crippen molar-refractivity contribution in [3.8, 4) is 0 Å². The molecular weight excluding hydrogens is 236 g/mol. The van der Waals surface area contributed by atoms with Gasteiger partial charge >= 0.3 is 0 Å². The maximum absolute atomic E-state index is 12.0. The lowest BCUT2D eigenvalue weighted by atomic mass is 10.0. The monoisotopic (exact) mass is 256 g/mol. The highest BCUT2D eigenvalue weighted by atomic mass is 16.5. The van der Waals surface area contributed by atoms with E-state index in [0.717, 1.165) is 0 Å². The number of aliphatic hydroxyl groups is 1. The maximum atomic E-state index is 12.0. The van der Waals surface area contributed by atoms with Gasteiger partial charge in [-0.2, -0.15) is 0 Å². The van der Waals surface area contributed by atoms with Crippen LogP contribution in [0.1, 0.15) is 20.3 Å². The van der Waals surface area contributed by atoms with Crippen molar-refractivity contribution in [2.45, 2.75) is 38.0 Å². The smallest absolute Gasteiger partial charge is 0.246 e. The fraction of sp³-hybridized carbons (Fsp3) is 0.833. The summed E-state index contributed by atoms with van der Waals surface area (Å²) in [5, 5.41) is 9.24. The zero-order valence-electron chi connectivity index (χ0n) is 11.0. The lowest BCUT2D eigenvalue weighted by Gasteiger charge is -2.43. The van der Waals surface area contributed by atoms with E-state index in [4.69, 9.17) is 4.74 Å². The molecule has 2 amide bonds. The second-order valence-corrected chi connectivity index (χ2v) is 5.62. The molecule has 0 spiro atoms. The van der Waals surface area contributed by atoms with Gasteiger partial charge in [-0.15, -0.1) is 0 Å². The van der Waals surface area contributed by atoms with Crippen LogP contribution >= 0.6 is 0 Å². The highest BCUT2D eigenvalue weighted by Gasteiger charge is 2.44. The first-order valence-electron chi connectivity index (χ1n) is 6.17. The molecular formula is C12H20N2O4. The van der Waals surface area contributed by atoms with Gasteiger partial charge in [-0.1, -0.05) is 0 Å². The van der Waals surface area contributed by atoms with Gasteiger partial charge in [0.2, 0.25) is 11.8 Å². The molecule has 2 atom stereocenters. The van der Waals surface area contributed by atoms with Crippen molar-refractivity contribution in [3.63, 3.8) is 0 Å². The maximum Gasteiger partial charge on any atom is 0.246 e. The largest absolute Gasteiger partial charge is 0.394 e. The number of ether oxygens (including phenoxy) is 1. The molecule has 2 fully saturated rings. The third-order valence-corrected chi connectivity index (χ3v) is 3.51. The number of likely N-dealkylation sites (tertiary alicyclic amines) is 1. The Morgan fingerprint density at radius 1 is 1.44 bits per heavy atom. The fourth-order valence-corrected chi connectivity index (χ4v) is 2.69. The molecule has 2 heterocycles. The standard InChI is InChI=1S/C12H20N2O4/c1-12(2)7-14(5-8(6-15)18-12)9-4-10(16)13(3)11(9)17/h8-9,15H,4-7H2,1-3H3. The Morgan fingerprint density at radius 2 is 2.11 bits per heavy atom. The van der Waals surface area contributed by atoms with Gasteiger partial charge in [-0.25, -0.2) is 0 Å². The van der Waals surface area contributed by atoms with Crippen molar-refractivity contribution < 1.29 is 19.4 Å². The van der Waals surface area contributed by atoms with Crippen LogP contribution in [-0.4, -0.2) is 71.2 Å². The lowest BCUT2D eigenvalue weighted by molar-refractivity contribution is -0.161. The van der Waals surface area contributed by atoms with E-state index in [0.29, 0.717) is 13.1 Å². The first kappa shape index (κ1) is 13.5. The normalized spacial score (nSPS) is 33.2. The number of carbonyl (C=O) groups is 2. The summed E-state index contributed by atoms with van der Waals surface area (Å²) in [6, 6.07) is -0.403. The average molecular weight is 256 g/mol. The molecule has 0 bridgehead atoms. The van der Waals surface area contributed by atoms with Crippen molar-refractivity contribution in [3.05, 3.63) is 0 Å². The summed E-state index contributed by atoms with van der Waals surface area (Å²) in [4.78, 5) is 26.7. The first-order valence-corrected chi connectivity index (χ1v) is 6.17. The summed E-state index contributed by atoms with van der Waals surface area (Å²) < 4.78 is 5.70. The number of nitrogens with zero attached hydrogens (tertiary/aromatic N) is 2. The molecule has 0 aliphatic carbocycles. The van der Waals surface area contributed by atoms with Crippen LogP contribution < -0.4 is 0 Å². The van der Waals surface area contributed by atoms with Crippen LogP contribution in [0.3, 0.4) is 0 Å². The minimum atomic E-state index is -0.421. The number of hydrogen-bond acceptors (Lipinski definition) is 5. The van der Waals surface area contributed by atoms with Crippen LogP contribution in [0.25, 0.3) is 0 Å². The van der Waals surface area contributed by atoms with E-state index in [-0.39, 0.29) is 30.9 Å². The zero-order chi connectivity index (χ0) is 13.5. The van der Waals surface area contributed by atoms with E-state index in [9.17, 15) is 14.7 Å². The van der Waals surface area contributed by atoms with Gasteiger partial charge in [0.1, 0.15) is 0 Å². The Labute approximate surface area is 106 Å². The Morgan fingerprint density at radius 3 is 2.61 bits per heavy atom. The molecule has 18 heavy (non-hydrogen) atoms. The molecule has 2 aliphatic rings. The van der Waals surface area contributed by atoms with Gasteiger partial charge in [0.05, 0.1) is 30.8 Å². The number of rotatable bonds is 2. The van der Waals surface area contributed by atoms with Gasteiger partial charge in [0.15, 0.2) is 0 Å². The van der Waals surface area contributed by atoms with Crippen LogP contribution in [-0.2, 0) is 14.3 Å². The molecule has 0 aromatic heterocycles. The Hall–Kier alpha value is -0.980. The minimum Gasteiger partial charge on any atom is -0.394 e. The SMILES string of the molecule is CN1C(=O)CC(N2CC(CO)OC(C)(C)C2)C1=O. The van der Waals surface area contributed by atoms with Crippen molar-refractivity contribution in [1.29, 1.82) is 0 Å². The Bertz CT molecular complexity index is 369. The van der Waals surface area contributed by atoms with Gasteiger partial charge in [-0.05, 0) is 13.8 Å². The van der Waals surface area contributed by atoms with E-state index in [2.05, 4.69) is 0 Å². The molecule has 0 aromatic carbocycles. The van der Waals surface area contributed by atoms with Crippen LogP contribution in [0.4, 0.5) is 0 Å². The molecule has 2 rings (SSSR count). The first-order chi connectivity index (χ1) is 8.34. The number of hydrogen-bond donors (Lipinski definition) is 1. The van der Waals surface area contributed by atoms with Crippen molar-refractivity contribution in [1.82, 2.24) is 9.80 Å². The molecule has 2 unspecified atom stereocenters. The van der Waals surface area contributed by atoms with E-state index in [1.165, 1.54) is 11.9 Å². The lowest BCUT2D eigenvalue weighted by Crippen LogP contribution is -2.58. The minimum absolute atomic E-state index is 0.0787. The molecule has 0 aromatic rings. The third kappa shape index (κ3) is 2.41. The summed E-state index contributed by atoms with van der Waals surface area (Å²) in [6.45, 7) is 4.84. The second-order valence-electron chi connectivity index (χ2n) is 5.62. The van der Waals surface area contributed by atoms with E-state index in [1.54, 1.807) is 0 Å². The Balaban J connectivity index is 2.13. The number of morpholine rings is 1. The molecule has 102 valence electrons. The number of carbonyl (C=O) groups excluding carboxylic acids is 2. The molecule has 6 nitrogen and oxygen atoms in total. The van der Waals surface area contributed by atoms with Gasteiger partial charge in [-0.3, -0.25) is 19.4 Å². The van der Waals surface area contributed by atoms with Crippen LogP contribution in [0.5, 0.6) is 0 Å². The molecule has 2 aliphatic heterocycles. The third-order valence-electron chi connectivity index (χ3n) is 3.51. The van der Waals surface area contributed by atoms with Crippen LogP contribution in [0.15, 0.2) is 0 Å². The van der Waals surface area contributed by atoms with Gasteiger partial charge in [0.25, 0.3) is 0 Å². The van der Waals surface area contributed by atoms with Gasteiger partial charge in [0, 0.05) is 20.1 Å². The fourth-order valence-electron chi connectivity index (χ4n) is 2.69. The molecule has 6 heteroatoms. The predicted molar refractivity (Wildman–Crippen MR) is 63.8 cm³/mol. The molecule has 1 N–H and O–H groups in total. The van der Waals surface area contributed by atoms with Gasteiger partial charge < -0.3 is 9.84 Å².